The Morgan fingerprint density at radius 3 is 2.61 bits per heavy atom. The smallest absolute Gasteiger partial charge is 0.326 e. The third-order valence-corrected chi connectivity index (χ3v) is 6.69. The molecule has 2 aromatic heterocycles. The summed E-state index contributed by atoms with van der Waals surface area (Å²) in [7, 11) is 0. The van der Waals surface area contributed by atoms with Crippen molar-refractivity contribution in [2.45, 2.75) is 31.5 Å². The van der Waals surface area contributed by atoms with Gasteiger partial charge in [0.05, 0.1) is 12.3 Å². The van der Waals surface area contributed by atoms with Gasteiger partial charge in [-0.15, -0.1) is 11.3 Å². The van der Waals surface area contributed by atoms with Crippen LogP contribution in [-0.4, -0.2) is 39.2 Å². The third kappa shape index (κ3) is 5.69. The molecule has 0 N–H and O–H groups in total. The third-order valence-electron chi connectivity index (χ3n) is 4.40. The molecule has 3 aromatic rings. The summed E-state index contributed by atoms with van der Waals surface area (Å²) >= 11 is 6.08. The lowest BCUT2D eigenvalue weighted by Crippen LogP contribution is -2.29. The molecule has 0 saturated carbocycles. The molecular formula is C21H20BrN3O4S2. The van der Waals surface area contributed by atoms with E-state index in [9.17, 15) is 14.4 Å². The van der Waals surface area contributed by atoms with E-state index >= 15 is 0 Å². The van der Waals surface area contributed by atoms with Gasteiger partial charge in [-0.25, -0.2) is 9.97 Å². The van der Waals surface area contributed by atoms with Crippen molar-refractivity contribution >= 4 is 50.8 Å². The average Bonchev–Trinajstić information content (AvgIpc) is 3.31. The van der Waals surface area contributed by atoms with Crippen molar-refractivity contribution in [2.75, 3.05) is 12.9 Å². The monoisotopic (exact) mass is 521 g/mol. The van der Waals surface area contributed by atoms with E-state index < -0.39 is 5.97 Å². The Bertz CT molecular complexity index is 1130. The highest BCUT2D eigenvalue weighted by atomic mass is 79.9. The molecule has 0 atom stereocenters. The molecule has 1 aromatic carbocycles. The number of carbonyl (C=O) groups is 2. The lowest BCUT2D eigenvalue weighted by atomic mass is 10.0. The van der Waals surface area contributed by atoms with Crippen LogP contribution in [0.5, 0.6) is 0 Å². The molecule has 0 fully saturated rings. The van der Waals surface area contributed by atoms with E-state index in [1.54, 1.807) is 31.5 Å². The van der Waals surface area contributed by atoms with Gasteiger partial charge in [-0.05, 0) is 35.5 Å². The van der Waals surface area contributed by atoms with Gasteiger partial charge in [0.2, 0.25) is 0 Å². The number of rotatable bonds is 9. The number of nitrogens with zero attached hydrogens (tertiary/aromatic N) is 3. The van der Waals surface area contributed by atoms with E-state index in [1.165, 1.54) is 27.7 Å². The van der Waals surface area contributed by atoms with Crippen molar-refractivity contribution < 1.29 is 14.3 Å². The zero-order chi connectivity index (χ0) is 22.4. The fourth-order valence-corrected chi connectivity index (χ4v) is 4.61. The first-order valence-electron chi connectivity index (χ1n) is 9.46. The standard InChI is InChI=1S/C21H20BrN3O4S2/c1-3-29-17(27)12-25-20(28)18(22)15(24-21(25)30-2)8-9-16(26)13-4-6-14(7-5-13)19-23-10-11-31-19/h4-7,10-11H,3,8-9,12H2,1-2H3. The highest BCUT2D eigenvalue weighted by Gasteiger charge is 2.18. The summed E-state index contributed by atoms with van der Waals surface area (Å²) in [4.78, 5) is 46.0. The number of halogens is 1. The quantitative estimate of drug-likeness (QED) is 0.180. The molecule has 162 valence electrons. The molecule has 0 radical (unpaired) electrons. The Morgan fingerprint density at radius 1 is 1.26 bits per heavy atom. The second kappa shape index (κ2) is 10.8. The number of esters is 1. The Labute approximate surface area is 196 Å². The second-order valence-corrected chi connectivity index (χ2v) is 8.85. The highest BCUT2D eigenvalue weighted by molar-refractivity contribution is 9.10. The predicted molar refractivity (Wildman–Crippen MR) is 125 cm³/mol. The van der Waals surface area contributed by atoms with Gasteiger partial charge in [0.15, 0.2) is 10.9 Å². The van der Waals surface area contributed by atoms with Crippen LogP contribution in [0.4, 0.5) is 0 Å². The van der Waals surface area contributed by atoms with E-state index in [1.807, 2.05) is 17.5 Å². The number of ketones is 1. The van der Waals surface area contributed by atoms with Crippen LogP contribution in [0.1, 0.15) is 29.4 Å². The molecule has 0 amide bonds. The van der Waals surface area contributed by atoms with Gasteiger partial charge < -0.3 is 4.74 Å². The Balaban J connectivity index is 1.73. The molecule has 0 bridgehead atoms. The summed E-state index contributed by atoms with van der Waals surface area (Å²) in [5.41, 5.74) is 1.67. The van der Waals surface area contributed by atoms with Crippen LogP contribution in [0, 0.1) is 0 Å². The zero-order valence-electron chi connectivity index (χ0n) is 17.0. The maximum atomic E-state index is 12.7. The number of ether oxygens (including phenoxy) is 1. The molecule has 3 rings (SSSR count). The zero-order valence-corrected chi connectivity index (χ0v) is 20.2. The predicted octanol–water partition coefficient (Wildman–Crippen LogP) is 4.23. The number of thiazole rings is 1. The molecule has 0 unspecified atom stereocenters. The van der Waals surface area contributed by atoms with Crippen LogP contribution in [0.15, 0.2) is 50.3 Å². The van der Waals surface area contributed by atoms with Crippen LogP contribution in [0.25, 0.3) is 10.6 Å². The van der Waals surface area contributed by atoms with E-state index in [0.717, 1.165) is 10.6 Å². The first-order valence-corrected chi connectivity index (χ1v) is 12.4. The molecule has 0 aliphatic carbocycles. The molecule has 0 spiro atoms. The van der Waals surface area contributed by atoms with Gasteiger partial charge in [-0.1, -0.05) is 36.0 Å². The summed E-state index contributed by atoms with van der Waals surface area (Å²) in [6.45, 7) is 1.73. The van der Waals surface area contributed by atoms with Crippen molar-refractivity contribution in [3.8, 4) is 10.6 Å². The van der Waals surface area contributed by atoms with Crippen LogP contribution in [0.2, 0.25) is 0 Å². The number of thioether (sulfide) groups is 1. The number of hydrogen-bond acceptors (Lipinski definition) is 8. The number of benzene rings is 1. The minimum Gasteiger partial charge on any atom is -0.465 e. The topological polar surface area (TPSA) is 91.2 Å². The van der Waals surface area contributed by atoms with Crippen LogP contribution >= 0.6 is 39.0 Å². The molecule has 0 aliphatic heterocycles. The number of carbonyl (C=O) groups excluding carboxylic acids is 2. The Morgan fingerprint density at radius 2 is 2.00 bits per heavy atom. The summed E-state index contributed by atoms with van der Waals surface area (Å²) in [5, 5.41) is 3.21. The lowest BCUT2D eigenvalue weighted by Gasteiger charge is -2.13. The van der Waals surface area contributed by atoms with Gasteiger partial charge >= 0.3 is 5.97 Å². The summed E-state index contributed by atoms with van der Waals surface area (Å²) in [5.74, 6) is -0.543. The minimum atomic E-state index is -0.502. The summed E-state index contributed by atoms with van der Waals surface area (Å²) in [6, 6.07) is 7.32. The molecule has 0 aliphatic rings. The molecule has 0 saturated heterocycles. The molecule has 10 heteroatoms. The number of hydrogen-bond donors (Lipinski definition) is 0. The van der Waals surface area contributed by atoms with Crippen LogP contribution in [-0.2, 0) is 22.5 Å². The lowest BCUT2D eigenvalue weighted by molar-refractivity contribution is -0.144. The molecule has 2 heterocycles. The molecule has 7 nitrogen and oxygen atoms in total. The minimum absolute atomic E-state index is 0.0409. The van der Waals surface area contributed by atoms with Gasteiger partial charge in [0.25, 0.3) is 5.56 Å². The molecular weight excluding hydrogens is 502 g/mol. The first kappa shape index (κ1) is 23.4. The van der Waals surface area contributed by atoms with E-state index in [-0.39, 0.29) is 35.4 Å². The number of Topliss-reactive ketones (excluding diaryl/α,β-unsaturated/α-hetero) is 1. The number of aromatic nitrogens is 3. The van der Waals surface area contributed by atoms with Crippen LogP contribution < -0.4 is 5.56 Å². The van der Waals surface area contributed by atoms with E-state index in [2.05, 4.69) is 25.9 Å². The average molecular weight is 522 g/mol. The van der Waals surface area contributed by atoms with Gasteiger partial charge in [-0.2, -0.15) is 0 Å². The Hall–Kier alpha value is -2.30. The van der Waals surface area contributed by atoms with Crippen molar-refractivity contribution in [1.82, 2.24) is 14.5 Å². The van der Waals surface area contributed by atoms with E-state index in [4.69, 9.17) is 4.74 Å². The normalized spacial score (nSPS) is 10.8. The SMILES string of the molecule is CCOC(=O)Cn1c(SC)nc(CCC(=O)c2ccc(-c3nccs3)cc2)c(Br)c1=O. The largest absolute Gasteiger partial charge is 0.465 e. The van der Waals surface area contributed by atoms with Gasteiger partial charge in [0.1, 0.15) is 16.0 Å². The maximum Gasteiger partial charge on any atom is 0.326 e. The van der Waals surface area contributed by atoms with Crippen molar-refractivity contribution in [3.05, 3.63) is 61.9 Å². The number of aryl methyl sites for hydroxylation is 1. The summed E-state index contributed by atoms with van der Waals surface area (Å²) < 4.78 is 6.46. The fourth-order valence-electron chi connectivity index (χ4n) is 2.89. The van der Waals surface area contributed by atoms with Gasteiger partial charge in [0, 0.05) is 29.1 Å². The molecule has 31 heavy (non-hydrogen) atoms. The second-order valence-electron chi connectivity index (χ2n) is 6.39. The summed E-state index contributed by atoms with van der Waals surface area (Å²) in [6.07, 6.45) is 4.03. The van der Waals surface area contributed by atoms with Crippen molar-refractivity contribution in [1.29, 1.82) is 0 Å². The van der Waals surface area contributed by atoms with Crippen molar-refractivity contribution in [3.63, 3.8) is 0 Å². The fraction of sp³-hybridized carbons (Fsp3) is 0.286. The highest BCUT2D eigenvalue weighted by Crippen LogP contribution is 2.23. The van der Waals surface area contributed by atoms with Crippen LogP contribution in [0.3, 0.4) is 0 Å². The Kier molecular flexibility index (Phi) is 8.16. The van der Waals surface area contributed by atoms with Gasteiger partial charge in [-0.3, -0.25) is 19.0 Å². The van der Waals surface area contributed by atoms with E-state index in [0.29, 0.717) is 22.8 Å². The maximum absolute atomic E-state index is 12.7. The van der Waals surface area contributed by atoms with Crippen molar-refractivity contribution in [2.24, 2.45) is 0 Å². The first-order chi connectivity index (χ1) is 14.9.